The lowest BCUT2D eigenvalue weighted by molar-refractivity contribution is -0.103. The molecule has 0 spiro atoms. The number of aliphatic hydroxyl groups is 1. The topological polar surface area (TPSA) is 20.2 Å². The van der Waals surface area contributed by atoms with Crippen LogP contribution in [0.2, 0.25) is 5.02 Å². The summed E-state index contributed by atoms with van der Waals surface area (Å²) in [7, 11) is 0. The summed E-state index contributed by atoms with van der Waals surface area (Å²) in [5, 5.41) is 11.6. The molecule has 2 heteroatoms. The van der Waals surface area contributed by atoms with E-state index in [2.05, 4.69) is 13.8 Å². The van der Waals surface area contributed by atoms with Gasteiger partial charge in [-0.1, -0.05) is 50.4 Å². The second kappa shape index (κ2) is 4.05. The first-order valence-corrected chi connectivity index (χ1v) is 6.32. The van der Waals surface area contributed by atoms with E-state index in [4.69, 9.17) is 11.6 Å². The standard InChI is InChI=1S/C14H19ClO/c1-13(2)8-3-4-9-14(13,16)11-6-5-7-12(15)10-11/h5-7,10,16H,3-4,8-9H2,1-2H3. The molecule has 0 bridgehead atoms. The summed E-state index contributed by atoms with van der Waals surface area (Å²) < 4.78 is 0. The van der Waals surface area contributed by atoms with Crippen LogP contribution in [0, 0.1) is 5.41 Å². The van der Waals surface area contributed by atoms with Crippen molar-refractivity contribution in [3.05, 3.63) is 34.9 Å². The minimum Gasteiger partial charge on any atom is -0.385 e. The summed E-state index contributed by atoms with van der Waals surface area (Å²) in [6.45, 7) is 4.29. The highest BCUT2D eigenvalue weighted by molar-refractivity contribution is 6.30. The van der Waals surface area contributed by atoms with Gasteiger partial charge in [0.1, 0.15) is 0 Å². The summed E-state index contributed by atoms with van der Waals surface area (Å²) in [6, 6.07) is 7.65. The van der Waals surface area contributed by atoms with Crippen LogP contribution < -0.4 is 0 Å². The molecule has 1 N–H and O–H groups in total. The fourth-order valence-corrected chi connectivity index (χ4v) is 2.96. The predicted octanol–water partition coefficient (Wildman–Crippen LogP) is 4.13. The molecule has 0 amide bonds. The zero-order valence-electron chi connectivity index (χ0n) is 9.96. The number of hydrogen-bond donors (Lipinski definition) is 1. The van der Waals surface area contributed by atoms with Crippen molar-refractivity contribution in [3.63, 3.8) is 0 Å². The van der Waals surface area contributed by atoms with Crippen molar-refractivity contribution in [3.8, 4) is 0 Å². The van der Waals surface area contributed by atoms with E-state index in [1.54, 1.807) is 0 Å². The molecule has 1 saturated carbocycles. The Hall–Kier alpha value is -0.530. The zero-order valence-corrected chi connectivity index (χ0v) is 10.7. The first kappa shape index (κ1) is 11.9. The lowest BCUT2D eigenvalue weighted by Crippen LogP contribution is -2.44. The van der Waals surface area contributed by atoms with E-state index in [0.717, 1.165) is 24.8 Å². The van der Waals surface area contributed by atoms with Crippen molar-refractivity contribution in [1.82, 2.24) is 0 Å². The molecular formula is C14H19ClO. The van der Waals surface area contributed by atoms with Gasteiger partial charge in [-0.25, -0.2) is 0 Å². The fourth-order valence-electron chi connectivity index (χ4n) is 2.77. The number of benzene rings is 1. The van der Waals surface area contributed by atoms with Crippen LogP contribution in [-0.4, -0.2) is 5.11 Å². The van der Waals surface area contributed by atoms with Crippen LogP contribution in [0.25, 0.3) is 0 Å². The van der Waals surface area contributed by atoms with E-state index in [-0.39, 0.29) is 5.41 Å². The molecule has 1 atom stereocenters. The SMILES string of the molecule is CC1(C)CCCCC1(O)c1cccc(Cl)c1. The first-order chi connectivity index (χ1) is 7.46. The maximum Gasteiger partial charge on any atom is 0.0947 e. The van der Waals surface area contributed by atoms with E-state index in [1.165, 1.54) is 6.42 Å². The Morgan fingerprint density at radius 2 is 1.88 bits per heavy atom. The average molecular weight is 239 g/mol. The average Bonchev–Trinajstić information content (AvgIpc) is 2.22. The lowest BCUT2D eigenvalue weighted by atomic mass is 9.62. The van der Waals surface area contributed by atoms with Crippen LogP contribution in [0.1, 0.15) is 45.1 Å². The molecule has 1 aromatic carbocycles. The molecular weight excluding hydrogens is 220 g/mol. The van der Waals surface area contributed by atoms with Crippen LogP contribution in [0.3, 0.4) is 0 Å². The molecule has 0 saturated heterocycles. The Morgan fingerprint density at radius 3 is 2.50 bits per heavy atom. The Labute approximate surface area is 102 Å². The van der Waals surface area contributed by atoms with Crippen molar-refractivity contribution in [1.29, 1.82) is 0 Å². The van der Waals surface area contributed by atoms with Gasteiger partial charge in [-0.15, -0.1) is 0 Å². The summed E-state index contributed by atoms with van der Waals surface area (Å²) in [5.41, 5.74) is 0.163. The molecule has 1 unspecified atom stereocenters. The third-order valence-corrected chi connectivity index (χ3v) is 4.25. The zero-order chi connectivity index (χ0) is 11.8. The van der Waals surface area contributed by atoms with Crippen LogP contribution in [0.5, 0.6) is 0 Å². The Kier molecular flexibility index (Phi) is 3.02. The van der Waals surface area contributed by atoms with Gasteiger partial charge < -0.3 is 5.11 Å². The maximum absolute atomic E-state index is 10.9. The largest absolute Gasteiger partial charge is 0.385 e. The van der Waals surface area contributed by atoms with Gasteiger partial charge in [0.15, 0.2) is 0 Å². The highest BCUT2D eigenvalue weighted by Gasteiger charge is 2.46. The van der Waals surface area contributed by atoms with Crippen molar-refractivity contribution in [2.45, 2.75) is 45.1 Å². The summed E-state index contributed by atoms with van der Waals surface area (Å²) in [5.74, 6) is 0. The third kappa shape index (κ3) is 1.87. The van der Waals surface area contributed by atoms with Gasteiger partial charge in [0.05, 0.1) is 5.60 Å². The monoisotopic (exact) mass is 238 g/mol. The summed E-state index contributed by atoms with van der Waals surface area (Å²) in [6.07, 6.45) is 4.19. The van der Waals surface area contributed by atoms with Gasteiger partial charge in [0.2, 0.25) is 0 Å². The predicted molar refractivity (Wildman–Crippen MR) is 67.6 cm³/mol. The molecule has 1 aliphatic rings. The van der Waals surface area contributed by atoms with E-state index in [9.17, 15) is 5.11 Å². The van der Waals surface area contributed by atoms with Gasteiger partial charge in [0.25, 0.3) is 0 Å². The van der Waals surface area contributed by atoms with E-state index < -0.39 is 5.60 Å². The molecule has 2 rings (SSSR count). The van der Waals surface area contributed by atoms with E-state index in [0.29, 0.717) is 5.02 Å². The van der Waals surface area contributed by atoms with Gasteiger partial charge in [-0.05, 0) is 36.0 Å². The number of hydrogen-bond acceptors (Lipinski definition) is 1. The molecule has 1 aliphatic carbocycles. The lowest BCUT2D eigenvalue weighted by Gasteiger charge is -2.47. The molecule has 0 heterocycles. The van der Waals surface area contributed by atoms with E-state index >= 15 is 0 Å². The Bertz CT molecular complexity index is 386. The molecule has 1 fully saturated rings. The minimum atomic E-state index is -0.726. The second-order valence-electron chi connectivity index (χ2n) is 5.46. The first-order valence-electron chi connectivity index (χ1n) is 5.94. The van der Waals surface area contributed by atoms with Crippen LogP contribution >= 0.6 is 11.6 Å². The molecule has 0 aliphatic heterocycles. The van der Waals surface area contributed by atoms with Crippen LogP contribution in [0.15, 0.2) is 24.3 Å². The van der Waals surface area contributed by atoms with Crippen molar-refractivity contribution in [2.75, 3.05) is 0 Å². The summed E-state index contributed by atoms with van der Waals surface area (Å²) >= 11 is 6.01. The van der Waals surface area contributed by atoms with Gasteiger partial charge in [0, 0.05) is 5.02 Å². The second-order valence-corrected chi connectivity index (χ2v) is 5.90. The van der Waals surface area contributed by atoms with Crippen molar-refractivity contribution in [2.24, 2.45) is 5.41 Å². The highest BCUT2D eigenvalue weighted by atomic mass is 35.5. The van der Waals surface area contributed by atoms with Gasteiger partial charge in [-0.3, -0.25) is 0 Å². The molecule has 1 nitrogen and oxygen atoms in total. The van der Waals surface area contributed by atoms with Gasteiger partial charge >= 0.3 is 0 Å². The highest BCUT2D eigenvalue weighted by Crippen LogP contribution is 2.50. The molecule has 16 heavy (non-hydrogen) atoms. The Balaban J connectivity index is 2.43. The van der Waals surface area contributed by atoms with Crippen molar-refractivity contribution < 1.29 is 5.11 Å². The molecule has 88 valence electrons. The minimum absolute atomic E-state index is 0.0735. The molecule has 1 aromatic rings. The maximum atomic E-state index is 10.9. The smallest absolute Gasteiger partial charge is 0.0947 e. The normalized spacial score (nSPS) is 29.0. The van der Waals surface area contributed by atoms with Crippen molar-refractivity contribution >= 4 is 11.6 Å². The molecule has 0 aromatic heterocycles. The summed E-state index contributed by atoms with van der Waals surface area (Å²) in [4.78, 5) is 0. The molecule has 0 radical (unpaired) electrons. The fraction of sp³-hybridized carbons (Fsp3) is 0.571. The van der Waals surface area contributed by atoms with Gasteiger partial charge in [-0.2, -0.15) is 0 Å². The number of rotatable bonds is 1. The Morgan fingerprint density at radius 1 is 1.19 bits per heavy atom. The number of halogens is 1. The third-order valence-electron chi connectivity index (χ3n) is 4.01. The quantitative estimate of drug-likeness (QED) is 0.780. The van der Waals surface area contributed by atoms with Crippen LogP contribution in [0.4, 0.5) is 0 Å². The van der Waals surface area contributed by atoms with E-state index in [1.807, 2.05) is 24.3 Å². The van der Waals surface area contributed by atoms with Crippen LogP contribution in [-0.2, 0) is 5.60 Å².